The van der Waals surface area contributed by atoms with Crippen molar-refractivity contribution in [3.63, 3.8) is 0 Å². The quantitative estimate of drug-likeness (QED) is 0.149. The van der Waals surface area contributed by atoms with E-state index in [0.29, 0.717) is 27.9 Å². The number of aliphatic imine (C=N–C) groups is 1. The maximum Gasteiger partial charge on any atom is 0.275 e. The van der Waals surface area contributed by atoms with E-state index in [1.807, 2.05) is 38.1 Å². The molecule has 36 heavy (non-hydrogen) atoms. The molecule has 0 saturated heterocycles. The van der Waals surface area contributed by atoms with Crippen LogP contribution in [0.1, 0.15) is 27.8 Å². The van der Waals surface area contributed by atoms with Crippen LogP contribution in [-0.4, -0.2) is 30.6 Å². The van der Waals surface area contributed by atoms with Crippen LogP contribution in [0.3, 0.4) is 0 Å². The molecule has 0 aliphatic heterocycles. The van der Waals surface area contributed by atoms with Gasteiger partial charge in [0, 0.05) is 36.5 Å². The zero-order valence-corrected chi connectivity index (χ0v) is 22.9. The lowest BCUT2D eigenvalue weighted by Crippen LogP contribution is -2.26. The highest BCUT2D eigenvalue weighted by Crippen LogP contribution is 2.34. The van der Waals surface area contributed by atoms with Crippen molar-refractivity contribution in [2.45, 2.75) is 27.7 Å². The molecule has 0 aliphatic rings. The van der Waals surface area contributed by atoms with Gasteiger partial charge in [-0.3, -0.25) is 14.9 Å². The Morgan fingerprint density at radius 1 is 0.917 bits per heavy atom. The van der Waals surface area contributed by atoms with Crippen molar-refractivity contribution in [2.24, 2.45) is 4.99 Å². The molecule has 0 unspecified atom stereocenters. The molecule has 0 bridgehead atoms. The molecule has 10 heteroatoms. The Morgan fingerprint density at radius 2 is 1.56 bits per heavy atom. The Balaban J connectivity index is 2.25. The minimum absolute atomic E-state index is 0.0101. The number of aryl methyl sites for hydroxylation is 3. The molecule has 0 spiro atoms. The summed E-state index contributed by atoms with van der Waals surface area (Å²) in [6.07, 6.45) is 0. The molecule has 0 radical (unpaired) electrons. The van der Waals surface area contributed by atoms with E-state index in [2.05, 4.69) is 5.32 Å². The Labute approximate surface area is 224 Å². The van der Waals surface area contributed by atoms with Crippen molar-refractivity contribution in [1.29, 1.82) is 0 Å². The average Bonchev–Trinajstić information content (AvgIpc) is 2.76. The van der Waals surface area contributed by atoms with Gasteiger partial charge in [-0.2, -0.15) is 0 Å². The molecule has 3 aromatic carbocycles. The van der Waals surface area contributed by atoms with Crippen molar-refractivity contribution in [3.8, 4) is 0 Å². The number of rotatable bonds is 6. The molecule has 0 aliphatic carbocycles. The zero-order chi connectivity index (χ0) is 26.9. The summed E-state index contributed by atoms with van der Waals surface area (Å²) >= 11 is 18.4. The second-order valence-corrected chi connectivity index (χ2v) is 9.86. The first kappa shape index (κ1) is 27.5. The molecule has 0 atom stereocenters. The van der Waals surface area contributed by atoms with Gasteiger partial charge in [0.15, 0.2) is 0 Å². The molecule has 188 valence electrons. The van der Waals surface area contributed by atoms with E-state index in [1.54, 1.807) is 32.9 Å². The molecule has 0 saturated carbocycles. The topological polar surface area (TPSA) is 87.8 Å². The van der Waals surface area contributed by atoms with Gasteiger partial charge in [0.05, 0.1) is 31.4 Å². The Bertz CT molecular complexity index is 1420. The molecule has 0 heterocycles. The number of benzene rings is 3. The molecule has 1 amide bonds. The van der Waals surface area contributed by atoms with Crippen molar-refractivity contribution in [2.75, 3.05) is 24.3 Å². The number of nitrogens with one attached hydrogen (secondary N) is 1. The Kier molecular flexibility index (Phi) is 8.29. The third-order valence-corrected chi connectivity index (χ3v) is 6.79. The highest BCUT2D eigenvalue weighted by molar-refractivity contribution is 6.51. The highest BCUT2D eigenvalue weighted by Gasteiger charge is 2.27. The monoisotopic (exact) mass is 546 g/mol. The minimum Gasteiger partial charge on any atom is -0.378 e. The zero-order valence-electron chi connectivity index (χ0n) is 20.7. The van der Waals surface area contributed by atoms with Crippen molar-refractivity contribution < 1.29 is 9.72 Å². The Morgan fingerprint density at radius 3 is 2.14 bits per heavy atom. The number of nitro benzene ring substituents is 1. The maximum atomic E-state index is 13.7. The summed E-state index contributed by atoms with van der Waals surface area (Å²) in [6.45, 7) is 6.95. The second-order valence-electron chi connectivity index (χ2n) is 8.64. The van der Waals surface area contributed by atoms with Crippen molar-refractivity contribution >= 4 is 69.2 Å². The van der Waals surface area contributed by atoms with Crippen LogP contribution in [0.2, 0.25) is 15.1 Å². The fraction of sp³-hybridized carbons (Fsp3) is 0.231. The molecular formula is C26H25Cl3N4O3. The number of hydrogen-bond acceptors (Lipinski definition) is 5. The highest BCUT2D eigenvalue weighted by atomic mass is 35.5. The van der Waals surface area contributed by atoms with E-state index >= 15 is 0 Å². The lowest BCUT2D eigenvalue weighted by atomic mass is 9.93. The van der Waals surface area contributed by atoms with Gasteiger partial charge in [-0.1, -0.05) is 34.8 Å². The van der Waals surface area contributed by atoms with E-state index in [1.165, 1.54) is 12.1 Å². The van der Waals surface area contributed by atoms with Gasteiger partial charge in [-0.15, -0.1) is 0 Å². The Hall–Kier alpha value is -3.13. The third-order valence-electron chi connectivity index (χ3n) is 5.75. The van der Waals surface area contributed by atoms with Crippen LogP contribution in [0.4, 0.5) is 22.7 Å². The molecular weight excluding hydrogens is 523 g/mol. The fourth-order valence-electron chi connectivity index (χ4n) is 4.00. The van der Waals surface area contributed by atoms with Gasteiger partial charge in [0.2, 0.25) is 0 Å². The van der Waals surface area contributed by atoms with Gasteiger partial charge < -0.3 is 10.2 Å². The second kappa shape index (κ2) is 10.9. The number of nitrogens with zero attached hydrogens (tertiary/aromatic N) is 3. The normalized spacial score (nSPS) is 11.4. The van der Waals surface area contributed by atoms with Gasteiger partial charge in [-0.25, -0.2) is 4.99 Å². The first-order chi connectivity index (χ1) is 16.8. The van der Waals surface area contributed by atoms with Gasteiger partial charge in [-0.05, 0) is 75.2 Å². The van der Waals surface area contributed by atoms with Gasteiger partial charge in [0.1, 0.15) is 5.71 Å². The maximum absolute atomic E-state index is 13.7. The number of nitro groups is 1. The van der Waals surface area contributed by atoms with Crippen LogP contribution >= 0.6 is 34.8 Å². The molecule has 1 N–H and O–H groups in total. The van der Waals surface area contributed by atoms with Crippen LogP contribution < -0.4 is 10.2 Å². The lowest BCUT2D eigenvalue weighted by Gasteiger charge is -2.17. The molecule has 3 aromatic rings. The van der Waals surface area contributed by atoms with Gasteiger partial charge >= 0.3 is 0 Å². The summed E-state index contributed by atoms with van der Waals surface area (Å²) in [5, 5.41) is 15.2. The first-order valence-corrected chi connectivity index (χ1v) is 12.0. The first-order valence-electron chi connectivity index (χ1n) is 10.9. The summed E-state index contributed by atoms with van der Waals surface area (Å²) in [6, 6.07) is 10.2. The summed E-state index contributed by atoms with van der Waals surface area (Å²) in [5.41, 5.74) is 4.41. The van der Waals surface area contributed by atoms with E-state index in [0.717, 1.165) is 11.3 Å². The number of hydrogen-bond donors (Lipinski definition) is 1. The van der Waals surface area contributed by atoms with Crippen LogP contribution in [0, 0.1) is 37.8 Å². The van der Waals surface area contributed by atoms with Crippen molar-refractivity contribution in [1.82, 2.24) is 0 Å². The number of carbonyl (C=O) groups excluding carboxylic acids is 1. The number of amides is 1. The average molecular weight is 548 g/mol. The molecule has 0 fully saturated rings. The van der Waals surface area contributed by atoms with E-state index in [9.17, 15) is 14.9 Å². The summed E-state index contributed by atoms with van der Waals surface area (Å²) in [4.78, 5) is 31.7. The summed E-state index contributed by atoms with van der Waals surface area (Å²) in [7, 11) is 3.85. The van der Waals surface area contributed by atoms with Crippen LogP contribution in [0.15, 0.2) is 41.4 Å². The van der Waals surface area contributed by atoms with E-state index in [-0.39, 0.29) is 32.2 Å². The standard InChI is InChI=1S/C26H25Cl3N4O3/c1-13-10-17(32(5)6)7-8-21(13)30-24(23-14(2)9-15(3)25(16(23)4)33(35)36)26(34)31-22-12-19(28)18(27)11-20(22)29/h7-12H,1-6H3,(H,31,34). The number of anilines is 2. The minimum atomic E-state index is -0.601. The van der Waals surface area contributed by atoms with Gasteiger partial charge in [0.25, 0.3) is 11.6 Å². The predicted octanol–water partition coefficient (Wildman–Crippen LogP) is 7.61. The molecule has 0 aromatic heterocycles. The van der Waals surface area contributed by atoms with E-state index in [4.69, 9.17) is 39.8 Å². The molecule has 3 rings (SSSR count). The summed E-state index contributed by atoms with van der Waals surface area (Å²) < 4.78 is 0. The van der Waals surface area contributed by atoms with Crippen LogP contribution in [0.5, 0.6) is 0 Å². The number of halogens is 3. The van der Waals surface area contributed by atoms with Crippen molar-refractivity contribution in [3.05, 3.63) is 89.4 Å². The van der Waals surface area contributed by atoms with E-state index < -0.39 is 10.8 Å². The predicted molar refractivity (Wildman–Crippen MR) is 149 cm³/mol. The third kappa shape index (κ3) is 5.64. The summed E-state index contributed by atoms with van der Waals surface area (Å²) in [5.74, 6) is -0.601. The smallest absolute Gasteiger partial charge is 0.275 e. The largest absolute Gasteiger partial charge is 0.378 e. The fourth-order valence-corrected chi connectivity index (χ4v) is 4.60. The number of carbonyl (C=O) groups is 1. The lowest BCUT2D eigenvalue weighted by molar-refractivity contribution is -0.386. The molecule has 7 nitrogen and oxygen atoms in total. The SMILES string of the molecule is Cc1cc(N(C)C)ccc1N=C(C(=O)Nc1cc(Cl)c(Cl)cc1Cl)c1c(C)cc(C)c([N+](=O)[O-])c1C. The van der Waals surface area contributed by atoms with Crippen LogP contribution in [0.25, 0.3) is 0 Å². The van der Waals surface area contributed by atoms with Crippen LogP contribution in [-0.2, 0) is 4.79 Å².